The quantitative estimate of drug-likeness (QED) is 0.709. The number of carbonyl (C=O) groups excluding carboxylic acids is 1. The van der Waals surface area contributed by atoms with E-state index in [4.69, 9.17) is 4.74 Å². The van der Waals surface area contributed by atoms with Crippen LogP contribution >= 0.6 is 0 Å². The Labute approximate surface area is 87.2 Å². The Morgan fingerprint density at radius 2 is 2.33 bits per heavy atom. The predicted octanol–water partition coefficient (Wildman–Crippen LogP) is 1.18. The molecule has 86 valence electrons. The van der Waals surface area contributed by atoms with E-state index in [1.807, 2.05) is 0 Å². The SMILES string of the molecule is CCOC(=O)[C@H]1NC[C@@H]2[C@@H]1CCC2(F)F. The van der Waals surface area contributed by atoms with Gasteiger partial charge < -0.3 is 10.1 Å². The van der Waals surface area contributed by atoms with Gasteiger partial charge in [0.2, 0.25) is 0 Å². The van der Waals surface area contributed by atoms with E-state index in [-0.39, 0.29) is 24.9 Å². The van der Waals surface area contributed by atoms with Crippen molar-refractivity contribution in [2.45, 2.75) is 31.7 Å². The largest absolute Gasteiger partial charge is 0.465 e. The second-order valence-electron chi connectivity index (χ2n) is 4.21. The molecule has 1 saturated heterocycles. The first-order chi connectivity index (χ1) is 7.06. The molecular formula is C10H15F2NO2. The maximum absolute atomic E-state index is 13.3. The molecule has 1 aliphatic heterocycles. The summed E-state index contributed by atoms with van der Waals surface area (Å²) in [5.41, 5.74) is 0. The van der Waals surface area contributed by atoms with E-state index in [0.29, 0.717) is 13.0 Å². The first-order valence-electron chi connectivity index (χ1n) is 5.34. The molecule has 2 aliphatic rings. The van der Waals surface area contributed by atoms with Gasteiger partial charge >= 0.3 is 5.97 Å². The van der Waals surface area contributed by atoms with E-state index in [1.165, 1.54) is 0 Å². The van der Waals surface area contributed by atoms with Crippen molar-refractivity contribution < 1.29 is 18.3 Å². The lowest BCUT2D eigenvalue weighted by molar-refractivity contribution is -0.146. The summed E-state index contributed by atoms with van der Waals surface area (Å²) in [6, 6.07) is -0.525. The van der Waals surface area contributed by atoms with Crippen LogP contribution in [-0.2, 0) is 9.53 Å². The number of alkyl halides is 2. The third-order valence-corrected chi connectivity index (χ3v) is 3.40. The fourth-order valence-electron chi connectivity index (χ4n) is 2.65. The average Bonchev–Trinajstić information content (AvgIpc) is 2.69. The summed E-state index contributed by atoms with van der Waals surface area (Å²) in [7, 11) is 0. The van der Waals surface area contributed by atoms with Gasteiger partial charge in [-0.2, -0.15) is 0 Å². The molecule has 3 nitrogen and oxygen atoms in total. The third-order valence-electron chi connectivity index (χ3n) is 3.40. The maximum Gasteiger partial charge on any atom is 0.323 e. The Kier molecular flexibility index (Phi) is 2.66. The smallest absolute Gasteiger partial charge is 0.323 e. The molecule has 1 saturated carbocycles. The van der Waals surface area contributed by atoms with Gasteiger partial charge in [-0.25, -0.2) is 8.78 Å². The molecular weight excluding hydrogens is 204 g/mol. The van der Waals surface area contributed by atoms with Crippen molar-refractivity contribution in [1.82, 2.24) is 5.32 Å². The number of halogens is 2. The predicted molar refractivity (Wildman–Crippen MR) is 49.6 cm³/mol. The fourth-order valence-corrected chi connectivity index (χ4v) is 2.65. The summed E-state index contributed by atoms with van der Waals surface area (Å²) in [4.78, 5) is 11.5. The van der Waals surface area contributed by atoms with Crippen molar-refractivity contribution in [1.29, 1.82) is 0 Å². The van der Waals surface area contributed by atoms with Gasteiger partial charge in [0.05, 0.1) is 6.61 Å². The van der Waals surface area contributed by atoms with E-state index in [2.05, 4.69) is 5.32 Å². The molecule has 1 N–H and O–H groups in total. The van der Waals surface area contributed by atoms with Crippen LogP contribution < -0.4 is 5.32 Å². The van der Waals surface area contributed by atoms with Crippen LogP contribution in [-0.4, -0.2) is 31.1 Å². The number of nitrogens with one attached hydrogen (secondary N) is 1. The van der Waals surface area contributed by atoms with Crippen molar-refractivity contribution in [2.75, 3.05) is 13.2 Å². The number of carbonyl (C=O) groups is 1. The van der Waals surface area contributed by atoms with E-state index in [1.54, 1.807) is 6.92 Å². The Bertz CT molecular complexity index is 270. The molecule has 0 spiro atoms. The van der Waals surface area contributed by atoms with Gasteiger partial charge in [0, 0.05) is 18.9 Å². The van der Waals surface area contributed by atoms with Gasteiger partial charge in [-0.1, -0.05) is 0 Å². The minimum absolute atomic E-state index is 0.0973. The molecule has 15 heavy (non-hydrogen) atoms. The Balaban J connectivity index is 2.05. The zero-order valence-electron chi connectivity index (χ0n) is 8.63. The molecule has 3 atom stereocenters. The average molecular weight is 219 g/mol. The van der Waals surface area contributed by atoms with Gasteiger partial charge in [-0.3, -0.25) is 4.79 Å². The molecule has 2 fully saturated rings. The minimum atomic E-state index is -2.61. The van der Waals surface area contributed by atoms with Gasteiger partial charge in [0.25, 0.3) is 5.92 Å². The highest BCUT2D eigenvalue weighted by molar-refractivity contribution is 5.76. The molecule has 1 aliphatic carbocycles. The molecule has 0 bridgehead atoms. The van der Waals surface area contributed by atoms with E-state index >= 15 is 0 Å². The second kappa shape index (κ2) is 3.70. The topological polar surface area (TPSA) is 38.3 Å². The summed E-state index contributed by atoms with van der Waals surface area (Å²) in [6.45, 7) is 2.24. The molecule has 0 radical (unpaired) electrons. The lowest BCUT2D eigenvalue weighted by Crippen LogP contribution is -2.37. The van der Waals surface area contributed by atoms with Crippen LogP contribution in [0, 0.1) is 11.8 Å². The standard InChI is InChI=1S/C10H15F2NO2/c1-2-15-9(14)8-6-3-4-10(11,12)7(6)5-13-8/h6-8,13H,2-5H2,1H3/t6-,7+,8-/m0/s1. The molecule has 5 heteroatoms. The Morgan fingerprint density at radius 1 is 1.60 bits per heavy atom. The molecule has 1 heterocycles. The summed E-state index contributed by atoms with van der Waals surface area (Å²) < 4.78 is 31.5. The molecule has 0 aromatic carbocycles. The van der Waals surface area contributed by atoms with Crippen LogP contribution in [0.1, 0.15) is 19.8 Å². The van der Waals surface area contributed by atoms with Gasteiger partial charge in [0.1, 0.15) is 6.04 Å². The zero-order chi connectivity index (χ0) is 11.1. The van der Waals surface area contributed by atoms with E-state index in [9.17, 15) is 13.6 Å². The second-order valence-corrected chi connectivity index (χ2v) is 4.21. The fraction of sp³-hybridized carbons (Fsp3) is 0.900. The summed E-state index contributed by atoms with van der Waals surface area (Å²) in [6.07, 6.45) is 0.314. The highest BCUT2D eigenvalue weighted by Crippen LogP contribution is 2.48. The van der Waals surface area contributed by atoms with Crippen molar-refractivity contribution >= 4 is 5.97 Å². The molecule has 2 rings (SSSR count). The third kappa shape index (κ3) is 1.73. The Hall–Kier alpha value is -0.710. The van der Waals surface area contributed by atoms with Crippen molar-refractivity contribution in [2.24, 2.45) is 11.8 Å². The van der Waals surface area contributed by atoms with Gasteiger partial charge in [0.15, 0.2) is 0 Å². The zero-order valence-corrected chi connectivity index (χ0v) is 8.63. The van der Waals surface area contributed by atoms with Gasteiger partial charge in [-0.15, -0.1) is 0 Å². The van der Waals surface area contributed by atoms with Crippen LogP contribution in [0.25, 0.3) is 0 Å². The highest BCUT2D eigenvalue weighted by Gasteiger charge is 2.57. The lowest BCUT2D eigenvalue weighted by Gasteiger charge is -2.17. The van der Waals surface area contributed by atoms with Crippen molar-refractivity contribution in [3.8, 4) is 0 Å². The monoisotopic (exact) mass is 219 g/mol. The number of hydrogen-bond acceptors (Lipinski definition) is 3. The van der Waals surface area contributed by atoms with E-state index in [0.717, 1.165) is 0 Å². The minimum Gasteiger partial charge on any atom is -0.465 e. The number of ether oxygens (including phenoxy) is 1. The molecule has 0 aromatic heterocycles. The normalized spacial score (nSPS) is 37.7. The first kappa shape index (κ1) is 10.8. The van der Waals surface area contributed by atoms with Crippen LogP contribution in [0.3, 0.4) is 0 Å². The van der Waals surface area contributed by atoms with Crippen LogP contribution in [0.5, 0.6) is 0 Å². The van der Waals surface area contributed by atoms with Crippen molar-refractivity contribution in [3.05, 3.63) is 0 Å². The lowest BCUT2D eigenvalue weighted by atomic mass is 9.93. The maximum atomic E-state index is 13.3. The number of fused-ring (bicyclic) bond motifs is 1. The number of esters is 1. The molecule has 0 amide bonds. The van der Waals surface area contributed by atoms with Crippen LogP contribution in [0.4, 0.5) is 8.78 Å². The Morgan fingerprint density at radius 3 is 3.00 bits per heavy atom. The van der Waals surface area contributed by atoms with E-state index < -0.39 is 17.9 Å². The first-order valence-corrected chi connectivity index (χ1v) is 5.34. The summed E-state index contributed by atoms with van der Waals surface area (Å²) in [5, 5.41) is 2.84. The molecule has 0 aromatic rings. The highest BCUT2D eigenvalue weighted by atomic mass is 19.3. The number of hydrogen-bond donors (Lipinski definition) is 1. The summed E-state index contributed by atoms with van der Waals surface area (Å²) in [5.74, 6) is -3.94. The van der Waals surface area contributed by atoms with Crippen molar-refractivity contribution in [3.63, 3.8) is 0 Å². The summed E-state index contributed by atoms with van der Waals surface area (Å²) >= 11 is 0. The number of rotatable bonds is 2. The van der Waals surface area contributed by atoms with Gasteiger partial charge in [-0.05, 0) is 19.3 Å². The van der Waals surface area contributed by atoms with Crippen LogP contribution in [0.15, 0.2) is 0 Å². The van der Waals surface area contributed by atoms with Crippen LogP contribution in [0.2, 0.25) is 0 Å². The molecule has 0 unspecified atom stereocenters.